The summed E-state index contributed by atoms with van der Waals surface area (Å²) in [4.78, 5) is 25.2. The molecule has 8 heteroatoms. The molecule has 7 nitrogen and oxygen atoms in total. The second-order valence-corrected chi connectivity index (χ2v) is 8.08. The van der Waals surface area contributed by atoms with Crippen LogP contribution in [0.5, 0.6) is 5.75 Å². The summed E-state index contributed by atoms with van der Waals surface area (Å²) in [5, 5.41) is 8.59. The highest BCUT2D eigenvalue weighted by Crippen LogP contribution is 2.18. The summed E-state index contributed by atoms with van der Waals surface area (Å²) >= 11 is 5.32. The second kappa shape index (κ2) is 13.8. The van der Waals surface area contributed by atoms with E-state index in [1.54, 1.807) is 49.6 Å². The van der Waals surface area contributed by atoms with Gasteiger partial charge in [-0.15, -0.1) is 0 Å². The molecule has 0 heterocycles. The number of ether oxygens (including phenoxy) is 2. The predicted octanol–water partition coefficient (Wildman–Crippen LogP) is 4.20. The van der Waals surface area contributed by atoms with Crippen LogP contribution in [0.1, 0.15) is 32.7 Å². The number of benzene rings is 3. The van der Waals surface area contributed by atoms with Crippen molar-refractivity contribution in [3.63, 3.8) is 0 Å². The Hall–Kier alpha value is -3.75. The largest absolute Gasteiger partial charge is 0.492 e. The SMILES string of the molecule is COCCCNC(=O)c1cccc(NC(=S)NC(=O)c2ccccc2OCCc2ccccc2)c1. The molecule has 182 valence electrons. The van der Waals surface area contributed by atoms with E-state index in [1.165, 1.54) is 0 Å². The number of nitrogens with one attached hydrogen (secondary N) is 3. The summed E-state index contributed by atoms with van der Waals surface area (Å²) in [5.74, 6) is -0.0954. The van der Waals surface area contributed by atoms with Crippen molar-refractivity contribution in [2.75, 3.05) is 32.2 Å². The van der Waals surface area contributed by atoms with Crippen molar-refractivity contribution in [2.45, 2.75) is 12.8 Å². The van der Waals surface area contributed by atoms with E-state index in [9.17, 15) is 9.59 Å². The van der Waals surface area contributed by atoms with Gasteiger partial charge in [-0.1, -0.05) is 48.5 Å². The molecule has 0 atom stereocenters. The molecule has 0 fully saturated rings. The van der Waals surface area contributed by atoms with E-state index < -0.39 is 0 Å². The zero-order chi connectivity index (χ0) is 24.9. The Labute approximate surface area is 210 Å². The summed E-state index contributed by atoms with van der Waals surface area (Å²) in [6.45, 7) is 1.54. The molecule has 0 aliphatic rings. The van der Waals surface area contributed by atoms with Gasteiger partial charge in [-0.3, -0.25) is 14.9 Å². The molecule has 0 unspecified atom stereocenters. The lowest BCUT2D eigenvalue weighted by molar-refractivity contribution is 0.0946. The van der Waals surface area contributed by atoms with E-state index >= 15 is 0 Å². The van der Waals surface area contributed by atoms with Gasteiger partial charge in [0.05, 0.1) is 12.2 Å². The van der Waals surface area contributed by atoms with E-state index in [-0.39, 0.29) is 16.9 Å². The highest BCUT2D eigenvalue weighted by Gasteiger charge is 2.14. The van der Waals surface area contributed by atoms with Gasteiger partial charge < -0.3 is 20.1 Å². The molecule has 0 saturated heterocycles. The maximum Gasteiger partial charge on any atom is 0.261 e. The molecule has 0 aliphatic carbocycles. The van der Waals surface area contributed by atoms with Gasteiger partial charge in [-0.2, -0.15) is 0 Å². The number of carbonyl (C=O) groups is 2. The molecule has 3 aromatic rings. The van der Waals surface area contributed by atoms with Crippen LogP contribution in [-0.4, -0.2) is 43.8 Å². The molecular weight excluding hydrogens is 462 g/mol. The van der Waals surface area contributed by atoms with Gasteiger partial charge in [0.25, 0.3) is 11.8 Å². The summed E-state index contributed by atoms with van der Waals surface area (Å²) in [5.41, 5.74) is 2.62. The smallest absolute Gasteiger partial charge is 0.261 e. The Morgan fingerprint density at radius 2 is 1.66 bits per heavy atom. The lowest BCUT2D eigenvalue weighted by Gasteiger charge is -2.13. The first-order chi connectivity index (χ1) is 17.1. The van der Waals surface area contributed by atoms with Crippen LogP contribution in [0.4, 0.5) is 5.69 Å². The van der Waals surface area contributed by atoms with Gasteiger partial charge in [0.1, 0.15) is 5.75 Å². The molecular formula is C27H29N3O4S. The number of carbonyl (C=O) groups excluding carboxylic acids is 2. The predicted molar refractivity (Wildman–Crippen MR) is 141 cm³/mol. The maximum atomic E-state index is 12.9. The first kappa shape index (κ1) is 25.9. The monoisotopic (exact) mass is 491 g/mol. The molecule has 3 aromatic carbocycles. The average molecular weight is 492 g/mol. The van der Waals surface area contributed by atoms with Crippen LogP contribution in [0.3, 0.4) is 0 Å². The third-order valence-electron chi connectivity index (χ3n) is 5.04. The van der Waals surface area contributed by atoms with E-state index in [4.69, 9.17) is 21.7 Å². The van der Waals surface area contributed by atoms with E-state index in [2.05, 4.69) is 16.0 Å². The van der Waals surface area contributed by atoms with Crippen molar-refractivity contribution in [2.24, 2.45) is 0 Å². The average Bonchev–Trinajstić information content (AvgIpc) is 2.87. The lowest BCUT2D eigenvalue weighted by atomic mass is 10.1. The summed E-state index contributed by atoms with van der Waals surface area (Å²) in [7, 11) is 1.62. The van der Waals surface area contributed by atoms with Crippen molar-refractivity contribution >= 4 is 34.8 Å². The lowest BCUT2D eigenvalue weighted by Crippen LogP contribution is -2.34. The molecule has 3 rings (SSSR count). The van der Waals surface area contributed by atoms with E-state index in [1.807, 2.05) is 36.4 Å². The molecule has 0 aromatic heterocycles. The van der Waals surface area contributed by atoms with Crippen molar-refractivity contribution < 1.29 is 19.1 Å². The van der Waals surface area contributed by atoms with E-state index in [0.717, 1.165) is 18.4 Å². The number of hydrogen-bond donors (Lipinski definition) is 3. The maximum absolute atomic E-state index is 12.9. The number of hydrogen-bond acceptors (Lipinski definition) is 5. The molecule has 0 radical (unpaired) electrons. The quantitative estimate of drug-likeness (QED) is 0.275. The number of anilines is 1. The van der Waals surface area contributed by atoms with Crippen molar-refractivity contribution in [3.05, 3.63) is 95.6 Å². The van der Waals surface area contributed by atoms with Crippen LogP contribution in [0.25, 0.3) is 0 Å². The fraction of sp³-hybridized carbons (Fsp3) is 0.222. The first-order valence-electron chi connectivity index (χ1n) is 11.3. The van der Waals surface area contributed by atoms with Crippen LogP contribution < -0.4 is 20.7 Å². The van der Waals surface area contributed by atoms with Crippen LogP contribution >= 0.6 is 12.2 Å². The molecule has 35 heavy (non-hydrogen) atoms. The Kier molecular flexibility index (Phi) is 10.2. The third-order valence-corrected chi connectivity index (χ3v) is 5.25. The Morgan fingerprint density at radius 3 is 2.46 bits per heavy atom. The molecule has 0 saturated carbocycles. The Bertz CT molecular complexity index is 1140. The van der Waals surface area contributed by atoms with Gasteiger partial charge in [0.2, 0.25) is 0 Å². The second-order valence-electron chi connectivity index (χ2n) is 7.67. The number of rotatable bonds is 11. The van der Waals surface area contributed by atoms with Crippen LogP contribution in [-0.2, 0) is 11.2 Å². The van der Waals surface area contributed by atoms with Crippen LogP contribution in [0.15, 0.2) is 78.9 Å². The molecule has 0 bridgehead atoms. The van der Waals surface area contributed by atoms with Crippen LogP contribution in [0.2, 0.25) is 0 Å². The summed E-state index contributed by atoms with van der Waals surface area (Å²) < 4.78 is 10.9. The van der Waals surface area contributed by atoms with Gasteiger partial charge in [-0.05, 0) is 54.5 Å². The minimum Gasteiger partial charge on any atom is -0.492 e. The third kappa shape index (κ3) is 8.51. The fourth-order valence-corrected chi connectivity index (χ4v) is 3.51. The van der Waals surface area contributed by atoms with Crippen molar-refractivity contribution in [3.8, 4) is 5.75 Å². The molecule has 0 aliphatic heterocycles. The number of amides is 2. The summed E-state index contributed by atoms with van der Waals surface area (Å²) in [6.07, 6.45) is 1.46. The van der Waals surface area contributed by atoms with Gasteiger partial charge in [-0.25, -0.2) is 0 Å². The van der Waals surface area contributed by atoms with Gasteiger partial charge >= 0.3 is 0 Å². The Balaban J connectivity index is 1.54. The van der Waals surface area contributed by atoms with Crippen molar-refractivity contribution in [1.29, 1.82) is 0 Å². The topological polar surface area (TPSA) is 88.7 Å². The zero-order valence-electron chi connectivity index (χ0n) is 19.6. The number of methoxy groups -OCH3 is 1. The highest BCUT2D eigenvalue weighted by molar-refractivity contribution is 7.80. The number of para-hydroxylation sites is 1. The minimum atomic E-state index is -0.384. The molecule has 2 amide bonds. The molecule has 0 spiro atoms. The first-order valence-corrected chi connectivity index (χ1v) is 11.7. The van der Waals surface area contributed by atoms with Gasteiger partial charge in [0.15, 0.2) is 5.11 Å². The van der Waals surface area contributed by atoms with Crippen LogP contribution in [0, 0.1) is 0 Å². The Morgan fingerprint density at radius 1 is 0.886 bits per heavy atom. The number of thiocarbonyl (C=S) groups is 1. The normalized spacial score (nSPS) is 10.3. The highest BCUT2D eigenvalue weighted by atomic mass is 32.1. The minimum absolute atomic E-state index is 0.117. The summed E-state index contributed by atoms with van der Waals surface area (Å²) in [6, 6.07) is 23.9. The standard InChI is InChI=1S/C27H29N3O4S/c1-33-17-8-16-28-25(31)21-11-7-12-22(19-21)29-27(35)30-26(32)23-13-5-6-14-24(23)34-18-15-20-9-3-2-4-10-20/h2-7,9-14,19H,8,15-18H2,1H3,(H,28,31)(H2,29,30,32,35). The van der Waals surface area contributed by atoms with Crippen molar-refractivity contribution in [1.82, 2.24) is 10.6 Å². The van der Waals surface area contributed by atoms with E-state index in [0.29, 0.717) is 42.3 Å². The zero-order valence-corrected chi connectivity index (χ0v) is 20.4. The van der Waals surface area contributed by atoms with Gasteiger partial charge in [0, 0.05) is 37.9 Å². The fourth-order valence-electron chi connectivity index (χ4n) is 3.30. The molecule has 3 N–H and O–H groups in total.